The standard InChI is InChI=1S/C27H20F8O/c1-2-3-4-14-9-20(28)24(21(29)10-14)16-6-8-18-15(11-16)5-7-19(25(18)32)17-12-22(30)26(23(31)13-17)36-27(33,34)35/h5,7,9-13H,2-4,6,8H2,1H3. The van der Waals surface area contributed by atoms with Crippen LogP contribution in [0.25, 0.3) is 22.8 Å². The highest BCUT2D eigenvalue weighted by atomic mass is 19.4. The molecule has 0 aromatic heterocycles. The summed E-state index contributed by atoms with van der Waals surface area (Å²) in [4.78, 5) is 0. The van der Waals surface area contributed by atoms with Gasteiger partial charge in [-0.05, 0) is 77.8 Å². The Hall–Kier alpha value is -3.36. The molecule has 0 heterocycles. The zero-order chi connectivity index (χ0) is 26.2. The molecule has 0 amide bonds. The summed E-state index contributed by atoms with van der Waals surface area (Å²) in [6.07, 6.45) is -1.47. The number of fused-ring (bicyclic) bond motifs is 1. The lowest BCUT2D eigenvalue weighted by Gasteiger charge is -2.20. The number of unbranched alkanes of at least 4 members (excludes halogenated alkanes) is 1. The topological polar surface area (TPSA) is 9.23 Å². The van der Waals surface area contributed by atoms with E-state index in [4.69, 9.17) is 0 Å². The summed E-state index contributed by atoms with van der Waals surface area (Å²) in [7, 11) is 0. The molecular weight excluding hydrogens is 492 g/mol. The highest BCUT2D eigenvalue weighted by molar-refractivity contribution is 5.86. The molecule has 9 heteroatoms. The van der Waals surface area contributed by atoms with Crippen molar-refractivity contribution in [3.05, 3.63) is 87.7 Å². The lowest BCUT2D eigenvalue weighted by atomic mass is 9.85. The molecule has 4 rings (SSSR count). The van der Waals surface area contributed by atoms with E-state index in [0.717, 1.165) is 12.8 Å². The van der Waals surface area contributed by atoms with Crippen LogP contribution in [-0.4, -0.2) is 6.36 Å². The summed E-state index contributed by atoms with van der Waals surface area (Å²) >= 11 is 0. The van der Waals surface area contributed by atoms with Crippen LogP contribution in [0.3, 0.4) is 0 Å². The third-order valence-corrected chi connectivity index (χ3v) is 6.02. The van der Waals surface area contributed by atoms with Gasteiger partial charge in [-0.15, -0.1) is 13.2 Å². The monoisotopic (exact) mass is 512 g/mol. The highest BCUT2D eigenvalue weighted by Crippen LogP contribution is 2.39. The number of benzene rings is 3. The minimum atomic E-state index is -5.31. The van der Waals surface area contributed by atoms with Gasteiger partial charge in [-0.2, -0.15) is 0 Å². The fourth-order valence-corrected chi connectivity index (χ4v) is 4.35. The van der Waals surface area contributed by atoms with Crippen LogP contribution in [0.15, 0.2) is 36.4 Å². The molecule has 0 aliphatic heterocycles. The molecule has 0 atom stereocenters. The van der Waals surface area contributed by atoms with Gasteiger partial charge in [-0.25, -0.2) is 22.0 Å². The lowest BCUT2D eigenvalue weighted by Crippen LogP contribution is -2.19. The van der Waals surface area contributed by atoms with Gasteiger partial charge in [0, 0.05) is 11.1 Å². The molecule has 1 nitrogen and oxygen atoms in total. The maximum atomic E-state index is 15.3. The maximum absolute atomic E-state index is 15.3. The number of ether oxygens (including phenoxy) is 1. The summed E-state index contributed by atoms with van der Waals surface area (Å²) in [5.74, 6) is -7.17. The minimum absolute atomic E-state index is 0.0531. The summed E-state index contributed by atoms with van der Waals surface area (Å²) in [6, 6.07) is 6.31. The second kappa shape index (κ2) is 9.95. The van der Waals surface area contributed by atoms with Crippen LogP contribution < -0.4 is 4.74 Å². The zero-order valence-corrected chi connectivity index (χ0v) is 19.0. The van der Waals surface area contributed by atoms with Crippen molar-refractivity contribution in [3.63, 3.8) is 0 Å². The van der Waals surface area contributed by atoms with Crippen molar-refractivity contribution in [2.75, 3.05) is 0 Å². The maximum Gasteiger partial charge on any atom is 0.573 e. The fraction of sp³-hybridized carbons (Fsp3) is 0.259. The molecule has 3 aromatic carbocycles. The van der Waals surface area contributed by atoms with Gasteiger partial charge in [0.2, 0.25) is 5.75 Å². The second-order valence-corrected chi connectivity index (χ2v) is 8.52. The Bertz CT molecular complexity index is 1290. The number of hydrogen-bond acceptors (Lipinski definition) is 1. The molecule has 1 aliphatic carbocycles. The van der Waals surface area contributed by atoms with Crippen molar-refractivity contribution in [3.8, 4) is 16.9 Å². The highest BCUT2D eigenvalue weighted by Gasteiger charge is 2.34. The number of rotatable bonds is 6. The summed E-state index contributed by atoms with van der Waals surface area (Å²) in [5, 5.41) is 0. The van der Waals surface area contributed by atoms with Crippen LogP contribution in [0.4, 0.5) is 35.1 Å². The van der Waals surface area contributed by atoms with E-state index in [1.807, 2.05) is 6.92 Å². The van der Waals surface area contributed by atoms with Gasteiger partial charge >= 0.3 is 6.36 Å². The first kappa shape index (κ1) is 25.7. The molecule has 0 fully saturated rings. The number of alkyl halides is 3. The van der Waals surface area contributed by atoms with Crippen LogP contribution in [-0.2, 0) is 12.8 Å². The first-order chi connectivity index (χ1) is 17.0. The Morgan fingerprint density at radius 2 is 1.47 bits per heavy atom. The molecule has 36 heavy (non-hydrogen) atoms. The van der Waals surface area contributed by atoms with Gasteiger partial charge in [0.15, 0.2) is 11.6 Å². The lowest BCUT2D eigenvalue weighted by molar-refractivity contribution is -0.276. The van der Waals surface area contributed by atoms with Crippen molar-refractivity contribution < 1.29 is 39.9 Å². The third-order valence-electron chi connectivity index (χ3n) is 6.02. The summed E-state index contributed by atoms with van der Waals surface area (Å²) < 4.78 is 114. The predicted octanol–water partition coefficient (Wildman–Crippen LogP) is 8.78. The Morgan fingerprint density at radius 3 is 2.06 bits per heavy atom. The van der Waals surface area contributed by atoms with E-state index < -0.39 is 41.2 Å². The van der Waals surface area contributed by atoms with E-state index in [1.54, 1.807) is 0 Å². The second-order valence-electron chi connectivity index (χ2n) is 8.52. The van der Waals surface area contributed by atoms with Crippen LogP contribution in [0.1, 0.15) is 48.4 Å². The van der Waals surface area contributed by atoms with Crippen molar-refractivity contribution in [2.45, 2.75) is 45.4 Å². The number of allylic oxidation sites excluding steroid dienone is 1. The van der Waals surface area contributed by atoms with E-state index in [2.05, 4.69) is 4.74 Å². The van der Waals surface area contributed by atoms with E-state index in [-0.39, 0.29) is 35.1 Å². The van der Waals surface area contributed by atoms with Crippen LogP contribution in [0, 0.1) is 29.1 Å². The summed E-state index contributed by atoms with van der Waals surface area (Å²) in [6.45, 7) is 1.97. The van der Waals surface area contributed by atoms with Crippen molar-refractivity contribution in [2.24, 2.45) is 0 Å². The van der Waals surface area contributed by atoms with E-state index >= 15 is 4.39 Å². The van der Waals surface area contributed by atoms with E-state index in [1.165, 1.54) is 30.3 Å². The average molecular weight is 512 g/mol. The van der Waals surface area contributed by atoms with Crippen molar-refractivity contribution in [1.82, 2.24) is 0 Å². The van der Waals surface area contributed by atoms with E-state index in [9.17, 15) is 30.7 Å². The molecule has 0 saturated carbocycles. The smallest absolute Gasteiger partial charge is 0.399 e. The normalized spacial score (nSPS) is 13.4. The first-order valence-electron chi connectivity index (χ1n) is 11.2. The Labute approximate surface area is 202 Å². The largest absolute Gasteiger partial charge is 0.573 e. The first-order valence-corrected chi connectivity index (χ1v) is 11.2. The molecule has 3 aromatic rings. The van der Waals surface area contributed by atoms with Gasteiger partial charge in [-0.1, -0.05) is 31.6 Å². The molecule has 0 saturated heterocycles. The number of aryl methyl sites for hydroxylation is 1. The van der Waals surface area contributed by atoms with Gasteiger partial charge < -0.3 is 4.74 Å². The predicted molar refractivity (Wildman–Crippen MR) is 120 cm³/mol. The third kappa shape index (κ3) is 5.24. The average Bonchev–Trinajstić information content (AvgIpc) is 2.79. The van der Waals surface area contributed by atoms with Gasteiger partial charge in [-0.3, -0.25) is 0 Å². The molecule has 1 aliphatic rings. The molecule has 0 N–H and O–H groups in total. The molecule has 0 bridgehead atoms. The van der Waals surface area contributed by atoms with Crippen molar-refractivity contribution in [1.29, 1.82) is 0 Å². The van der Waals surface area contributed by atoms with Gasteiger partial charge in [0.1, 0.15) is 17.5 Å². The molecular formula is C27H20F8O. The van der Waals surface area contributed by atoms with Gasteiger partial charge in [0.25, 0.3) is 0 Å². The summed E-state index contributed by atoms with van der Waals surface area (Å²) in [5.41, 5.74) is 0.646. The van der Waals surface area contributed by atoms with Crippen LogP contribution >= 0.6 is 0 Å². The Balaban J connectivity index is 1.69. The Morgan fingerprint density at radius 1 is 0.833 bits per heavy atom. The molecule has 0 spiro atoms. The minimum Gasteiger partial charge on any atom is -0.399 e. The van der Waals surface area contributed by atoms with Crippen molar-refractivity contribution >= 4 is 11.6 Å². The van der Waals surface area contributed by atoms with E-state index in [0.29, 0.717) is 35.3 Å². The molecule has 0 unspecified atom stereocenters. The van der Waals surface area contributed by atoms with Crippen LogP contribution in [0.2, 0.25) is 0 Å². The molecule has 190 valence electrons. The van der Waals surface area contributed by atoms with Gasteiger partial charge in [0.05, 0.1) is 0 Å². The number of halogens is 8. The zero-order valence-electron chi connectivity index (χ0n) is 19.0. The fourth-order valence-electron chi connectivity index (χ4n) is 4.35. The van der Waals surface area contributed by atoms with Crippen LogP contribution in [0.5, 0.6) is 5.75 Å². The quantitative estimate of drug-likeness (QED) is 0.300. The Kier molecular flexibility index (Phi) is 7.11. The number of hydrogen-bond donors (Lipinski definition) is 0. The molecule has 0 radical (unpaired) electrons. The SMILES string of the molecule is CCCCc1cc(F)c(C2=Cc3ccc(-c4cc(F)c(OC(F)(F)F)c(F)c4)c(F)c3CC2)c(F)c1.